The molecular weight excluding hydrogens is 222 g/mol. The third-order valence-electron chi connectivity index (χ3n) is 3.78. The Morgan fingerprint density at radius 2 is 1.94 bits per heavy atom. The Morgan fingerprint density at radius 1 is 1.28 bits per heavy atom. The van der Waals surface area contributed by atoms with Gasteiger partial charge < -0.3 is 10.1 Å². The first-order valence-electron chi connectivity index (χ1n) is 6.75. The SMILES string of the molecule is CNC(CCC(C)(C)OC)Cc1ccccc1C. The first-order valence-corrected chi connectivity index (χ1v) is 6.75. The summed E-state index contributed by atoms with van der Waals surface area (Å²) in [5.41, 5.74) is 2.79. The predicted octanol–water partition coefficient (Wildman–Crippen LogP) is 3.33. The van der Waals surface area contributed by atoms with E-state index in [0.717, 1.165) is 19.3 Å². The molecule has 0 saturated carbocycles. The molecule has 2 nitrogen and oxygen atoms in total. The van der Waals surface area contributed by atoms with Gasteiger partial charge in [0.2, 0.25) is 0 Å². The molecule has 102 valence electrons. The van der Waals surface area contributed by atoms with Crippen LogP contribution in [0.5, 0.6) is 0 Å². The Labute approximate surface area is 112 Å². The molecule has 1 rings (SSSR count). The zero-order chi connectivity index (χ0) is 13.6. The Kier molecular flexibility index (Phi) is 5.83. The van der Waals surface area contributed by atoms with Crippen LogP contribution < -0.4 is 5.32 Å². The third-order valence-corrected chi connectivity index (χ3v) is 3.78. The molecule has 1 N–H and O–H groups in total. The third kappa shape index (κ3) is 4.79. The van der Waals surface area contributed by atoms with Crippen LogP contribution in [0.1, 0.15) is 37.8 Å². The molecule has 0 heterocycles. The van der Waals surface area contributed by atoms with E-state index in [1.54, 1.807) is 7.11 Å². The number of aryl methyl sites for hydroxylation is 1. The lowest BCUT2D eigenvalue weighted by molar-refractivity contribution is 0.0119. The van der Waals surface area contributed by atoms with Gasteiger partial charge in [-0.25, -0.2) is 0 Å². The molecule has 0 amide bonds. The molecule has 0 aliphatic carbocycles. The molecule has 1 atom stereocenters. The van der Waals surface area contributed by atoms with Gasteiger partial charge in [-0.05, 0) is 58.2 Å². The average Bonchev–Trinajstić information content (AvgIpc) is 2.36. The summed E-state index contributed by atoms with van der Waals surface area (Å²) in [6.07, 6.45) is 3.29. The molecule has 0 aliphatic rings. The van der Waals surface area contributed by atoms with E-state index in [1.165, 1.54) is 11.1 Å². The van der Waals surface area contributed by atoms with E-state index in [9.17, 15) is 0 Å². The lowest BCUT2D eigenvalue weighted by Gasteiger charge is -2.26. The van der Waals surface area contributed by atoms with Crippen molar-refractivity contribution in [1.29, 1.82) is 0 Å². The summed E-state index contributed by atoms with van der Waals surface area (Å²) >= 11 is 0. The van der Waals surface area contributed by atoms with Gasteiger partial charge in [0.15, 0.2) is 0 Å². The van der Waals surface area contributed by atoms with Crippen LogP contribution in [0.2, 0.25) is 0 Å². The number of likely N-dealkylation sites (N-methyl/N-ethyl adjacent to an activating group) is 1. The van der Waals surface area contributed by atoms with Gasteiger partial charge in [0, 0.05) is 13.2 Å². The first-order chi connectivity index (χ1) is 8.48. The van der Waals surface area contributed by atoms with E-state index in [-0.39, 0.29) is 5.60 Å². The highest BCUT2D eigenvalue weighted by molar-refractivity contribution is 5.26. The van der Waals surface area contributed by atoms with E-state index in [1.807, 2.05) is 7.05 Å². The van der Waals surface area contributed by atoms with Crippen molar-refractivity contribution in [1.82, 2.24) is 5.32 Å². The largest absolute Gasteiger partial charge is 0.379 e. The maximum Gasteiger partial charge on any atom is 0.0623 e. The highest BCUT2D eigenvalue weighted by atomic mass is 16.5. The molecule has 1 aromatic carbocycles. The molecule has 0 spiro atoms. The van der Waals surface area contributed by atoms with E-state index >= 15 is 0 Å². The van der Waals surface area contributed by atoms with E-state index in [2.05, 4.69) is 50.4 Å². The van der Waals surface area contributed by atoms with Gasteiger partial charge in [0.1, 0.15) is 0 Å². The zero-order valence-corrected chi connectivity index (χ0v) is 12.4. The fourth-order valence-electron chi connectivity index (χ4n) is 2.08. The van der Waals surface area contributed by atoms with Crippen molar-refractivity contribution < 1.29 is 4.74 Å². The second-order valence-electron chi connectivity index (χ2n) is 5.62. The maximum atomic E-state index is 5.48. The minimum absolute atomic E-state index is 0.0270. The molecular formula is C16H27NO. The van der Waals surface area contributed by atoms with Crippen molar-refractivity contribution in [3.8, 4) is 0 Å². The van der Waals surface area contributed by atoms with Crippen LogP contribution in [-0.2, 0) is 11.2 Å². The summed E-state index contributed by atoms with van der Waals surface area (Å²) in [5, 5.41) is 3.42. The summed E-state index contributed by atoms with van der Waals surface area (Å²) in [5.74, 6) is 0. The van der Waals surface area contributed by atoms with Crippen molar-refractivity contribution >= 4 is 0 Å². The van der Waals surface area contributed by atoms with Crippen LogP contribution in [0.4, 0.5) is 0 Å². The lowest BCUT2D eigenvalue weighted by atomic mass is 9.94. The van der Waals surface area contributed by atoms with Crippen molar-refractivity contribution in [2.75, 3.05) is 14.2 Å². The quantitative estimate of drug-likeness (QED) is 0.800. The predicted molar refractivity (Wildman–Crippen MR) is 78.1 cm³/mol. The van der Waals surface area contributed by atoms with Crippen LogP contribution in [0.25, 0.3) is 0 Å². The number of methoxy groups -OCH3 is 1. The molecule has 2 heteroatoms. The number of hydrogen-bond donors (Lipinski definition) is 1. The van der Waals surface area contributed by atoms with Gasteiger partial charge in [-0.3, -0.25) is 0 Å². The molecule has 0 radical (unpaired) electrons. The molecule has 0 aliphatic heterocycles. The standard InChI is InChI=1S/C16H27NO/c1-13-8-6-7-9-14(13)12-15(17-4)10-11-16(2,3)18-5/h6-9,15,17H,10-12H2,1-5H3. The fourth-order valence-corrected chi connectivity index (χ4v) is 2.08. The average molecular weight is 249 g/mol. The highest BCUT2D eigenvalue weighted by Gasteiger charge is 2.19. The minimum atomic E-state index is -0.0270. The van der Waals surface area contributed by atoms with Crippen LogP contribution >= 0.6 is 0 Å². The number of ether oxygens (including phenoxy) is 1. The van der Waals surface area contributed by atoms with Gasteiger partial charge in [-0.2, -0.15) is 0 Å². The highest BCUT2D eigenvalue weighted by Crippen LogP contribution is 2.19. The Hall–Kier alpha value is -0.860. The monoisotopic (exact) mass is 249 g/mol. The molecule has 1 aromatic rings. The van der Waals surface area contributed by atoms with Crippen molar-refractivity contribution in [3.63, 3.8) is 0 Å². The number of rotatable bonds is 7. The maximum absolute atomic E-state index is 5.48. The Bertz CT molecular complexity index is 360. The van der Waals surface area contributed by atoms with Gasteiger partial charge in [0.25, 0.3) is 0 Å². The molecule has 0 aromatic heterocycles. The Morgan fingerprint density at radius 3 is 2.50 bits per heavy atom. The first kappa shape index (κ1) is 15.2. The van der Waals surface area contributed by atoms with Crippen molar-refractivity contribution in [2.45, 2.75) is 51.7 Å². The number of hydrogen-bond acceptors (Lipinski definition) is 2. The van der Waals surface area contributed by atoms with Crippen LogP contribution in [0, 0.1) is 6.92 Å². The van der Waals surface area contributed by atoms with E-state index < -0.39 is 0 Å². The summed E-state index contributed by atoms with van der Waals surface area (Å²) in [7, 11) is 3.83. The van der Waals surface area contributed by atoms with Crippen molar-refractivity contribution in [2.24, 2.45) is 0 Å². The number of nitrogens with one attached hydrogen (secondary N) is 1. The summed E-state index contributed by atoms with van der Waals surface area (Å²) in [4.78, 5) is 0. The molecule has 0 bridgehead atoms. The fraction of sp³-hybridized carbons (Fsp3) is 0.625. The second-order valence-corrected chi connectivity index (χ2v) is 5.62. The van der Waals surface area contributed by atoms with Crippen LogP contribution in [0.15, 0.2) is 24.3 Å². The smallest absolute Gasteiger partial charge is 0.0623 e. The van der Waals surface area contributed by atoms with Gasteiger partial charge in [0.05, 0.1) is 5.60 Å². The zero-order valence-electron chi connectivity index (χ0n) is 12.4. The molecule has 0 saturated heterocycles. The minimum Gasteiger partial charge on any atom is -0.379 e. The normalized spacial score (nSPS) is 13.6. The van der Waals surface area contributed by atoms with E-state index in [0.29, 0.717) is 6.04 Å². The lowest BCUT2D eigenvalue weighted by Crippen LogP contribution is -2.32. The molecule has 18 heavy (non-hydrogen) atoms. The molecule has 1 unspecified atom stereocenters. The number of benzene rings is 1. The summed E-state index contributed by atoms with van der Waals surface area (Å²) in [6.45, 7) is 6.47. The summed E-state index contributed by atoms with van der Waals surface area (Å²) in [6, 6.07) is 9.14. The van der Waals surface area contributed by atoms with Gasteiger partial charge in [-0.15, -0.1) is 0 Å². The van der Waals surface area contributed by atoms with Crippen LogP contribution in [0.3, 0.4) is 0 Å². The topological polar surface area (TPSA) is 21.3 Å². The Balaban J connectivity index is 2.55. The van der Waals surface area contributed by atoms with Crippen molar-refractivity contribution in [3.05, 3.63) is 35.4 Å². The molecule has 0 fully saturated rings. The van der Waals surface area contributed by atoms with Crippen LogP contribution in [-0.4, -0.2) is 25.8 Å². The van der Waals surface area contributed by atoms with Gasteiger partial charge in [-0.1, -0.05) is 24.3 Å². The van der Waals surface area contributed by atoms with E-state index in [4.69, 9.17) is 4.74 Å². The van der Waals surface area contributed by atoms with Gasteiger partial charge >= 0.3 is 0 Å². The second kappa shape index (κ2) is 6.91. The summed E-state index contributed by atoms with van der Waals surface area (Å²) < 4.78 is 5.48.